The van der Waals surface area contributed by atoms with Gasteiger partial charge in [-0.05, 0) is 31.2 Å². The molecule has 1 atom stereocenters. The molecule has 0 unspecified atom stereocenters. The number of thioether (sulfide) groups is 1. The molecule has 0 bridgehead atoms. The van der Waals surface area contributed by atoms with E-state index in [-0.39, 0.29) is 24.1 Å². The minimum absolute atomic E-state index is 0.172. The lowest BCUT2D eigenvalue weighted by Crippen LogP contribution is -2.24. The van der Waals surface area contributed by atoms with Crippen LogP contribution in [0.5, 0.6) is 0 Å². The molecule has 0 radical (unpaired) electrons. The van der Waals surface area contributed by atoms with Gasteiger partial charge in [0.2, 0.25) is 5.91 Å². The summed E-state index contributed by atoms with van der Waals surface area (Å²) in [4.78, 5) is 29.0. The van der Waals surface area contributed by atoms with Crippen LogP contribution in [0.3, 0.4) is 0 Å². The second kappa shape index (κ2) is 8.67. The molecule has 30 heavy (non-hydrogen) atoms. The van der Waals surface area contributed by atoms with Gasteiger partial charge in [0, 0.05) is 7.05 Å². The second-order valence-electron chi connectivity index (χ2n) is 6.35. The van der Waals surface area contributed by atoms with E-state index in [4.69, 9.17) is 4.42 Å². The van der Waals surface area contributed by atoms with Gasteiger partial charge in [0.05, 0.1) is 28.3 Å². The first-order valence-electron chi connectivity index (χ1n) is 9.04. The Morgan fingerprint density at radius 2 is 2.07 bits per heavy atom. The molecule has 0 aliphatic heterocycles. The van der Waals surface area contributed by atoms with E-state index in [1.807, 2.05) is 24.3 Å². The number of thiazole rings is 1. The van der Waals surface area contributed by atoms with E-state index in [0.717, 1.165) is 10.2 Å². The van der Waals surface area contributed by atoms with Gasteiger partial charge in [0.1, 0.15) is 0 Å². The molecule has 4 aromatic rings. The highest BCUT2D eigenvalue weighted by Crippen LogP contribution is 2.27. The third-order valence-corrected chi connectivity index (χ3v) is 6.34. The molecule has 3 aromatic heterocycles. The number of hydrogen-bond donors (Lipinski definition) is 2. The maximum absolute atomic E-state index is 12.6. The highest BCUT2D eigenvalue weighted by atomic mass is 32.2. The number of rotatable bonds is 7. The Hall–Kier alpha value is -3.18. The Morgan fingerprint density at radius 3 is 2.83 bits per heavy atom. The van der Waals surface area contributed by atoms with Crippen LogP contribution >= 0.6 is 23.1 Å². The molecule has 0 saturated heterocycles. The van der Waals surface area contributed by atoms with Crippen LogP contribution in [-0.2, 0) is 18.4 Å². The molecule has 0 saturated carbocycles. The summed E-state index contributed by atoms with van der Waals surface area (Å²) in [5.41, 5.74) is 0.854. The zero-order valence-corrected chi connectivity index (χ0v) is 17.8. The van der Waals surface area contributed by atoms with Gasteiger partial charge in [0.25, 0.3) is 5.91 Å². The minimum Gasteiger partial charge on any atom is -0.459 e. The van der Waals surface area contributed by atoms with Gasteiger partial charge in [-0.1, -0.05) is 35.2 Å². The van der Waals surface area contributed by atoms with Crippen LogP contribution in [0, 0.1) is 0 Å². The number of nitrogens with zero attached hydrogens (tertiary/aromatic N) is 4. The molecule has 0 aliphatic carbocycles. The molecule has 0 spiro atoms. The second-order valence-corrected chi connectivity index (χ2v) is 8.69. The summed E-state index contributed by atoms with van der Waals surface area (Å²) in [5, 5.41) is 14.5. The van der Waals surface area contributed by atoms with Crippen molar-refractivity contribution in [3.8, 4) is 0 Å². The topological polar surface area (TPSA) is 115 Å². The number of nitrogens with one attached hydrogen (secondary N) is 2. The number of carbonyl (C=O) groups excluding carboxylic acids is 2. The zero-order valence-electron chi connectivity index (χ0n) is 16.2. The smallest absolute Gasteiger partial charge is 0.287 e. The zero-order chi connectivity index (χ0) is 21.1. The van der Waals surface area contributed by atoms with Crippen LogP contribution in [0.15, 0.2) is 52.2 Å². The van der Waals surface area contributed by atoms with E-state index < -0.39 is 5.25 Å². The summed E-state index contributed by atoms with van der Waals surface area (Å²) < 4.78 is 7.82. The lowest BCUT2D eigenvalue weighted by molar-refractivity contribution is -0.115. The average Bonchev–Trinajstić information content (AvgIpc) is 3.47. The number of hydrogen-bond acceptors (Lipinski definition) is 8. The van der Waals surface area contributed by atoms with Crippen molar-refractivity contribution >= 4 is 50.3 Å². The van der Waals surface area contributed by atoms with Crippen LogP contribution in [0.1, 0.15) is 23.3 Å². The van der Waals surface area contributed by atoms with Crippen molar-refractivity contribution in [3.63, 3.8) is 0 Å². The molecule has 2 amide bonds. The third-order valence-electron chi connectivity index (χ3n) is 4.25. The van der Waals surface area contributed by atoms with Crippen LogP contribution in [-0.4, -0.2) is 36.8 Å². The number of para-hydroxylation sites is 1. The number of amides is 2. The normalized spacial score (nSPS) is 12.1. The summed E-state index contributed by atoms with van der Waals surface area (Å²) in [6, 6.07) is 11.0. The predicted octanol–water partition coefficient (Wildman–Crippen LogP) is 3.07. The lowest BCUT2D eigenvalue weighted by atomic mass is 10.3. The predicted molar refractivity (Wildman–Crippen MR) is 114 cm³/mol. The number of fused-ring (bicyclic) bond motifs is 1. The average molecular weight is 443 g/mol. The first kappa shape index (κ1) is 20.1. The number of aromatic nitrogens is 4. The maximum atomic E-state index is 12.6. The van der Waals surface area contributed by atoms with E-state index in [1.165, 1.54) is 29.4 Å². The SMILES string of the molecule is C[C@@H](Sc1nnc(CNC(=O)c2ccco2)n1C)C(=O)Nc1nc2ccccc2s1. The summed E-state index contributed by atoms with van der Waals surface area (Å²) in [5.74, 6) is 0.290. The first-order valence-corrected chi connectivity index (χ1v) is 10.7. The van der Waals surface area contributed by atoms with Crippen LogP contribution in [0.25, 0.3) is 10.2 Å². The van der Waals surface area contributed by atoms with E-state index in [2.05, 4.69) is 25.8 Å². The van der Waals surface area contributed by atoms with Crippen molar-refractivity contribution in [2.75, 3.05) is 5.32 Å². The van der Waals surface area contributed by atoms with Crippen molar-refractivity contribution < 1.29 is 14.0 Å². The highest BCUT2D eigenvalue weighted by molar-refractivity contribution is 8.00. The van der Waals surface area contributed by atoms with Gasteiger partial charge < -0.3 is 19.6 Å². The Morgan fingerprint density at radius 1 is 1.23 bits per heavy atom. The molecular formula is C19H18N6O3S2. The molecule has 4 rings (SSSR count). The molecule has 154 valence electrons. The quantitative estimate of drug-likeness (QED) is 0.423. The summed E-state index contributed by atoms with van der Waals surface area (Å²) in [6.07, 6.45) is 1.44. The first-order chi connectivity index (χ1) is 14.5. The number of benzene rings is 1. The molecular weight excluding hydrogens is 424 g/mol. The van der Waals surface area contributed by atoms with Gasteiger partial charge >= 0.3 is 0 Å². The van der Waals surface area contributed by atoms with E-state index >= 15 is 0 Å². The van der Waals surface area contributed by atoms with E-state index in [1.54, 1.807) is 30.7 Å². The van der Waals surface area contributed by atoms with Gasteiger partial charge in [-0.25, -0.2) is 4.98 Å². The number of carbonyl (C=O) groups is 2. The van der Waals surface area contributed by atoms with Crippen LogP contribution < -0.4 is 10.6 Å². The van der Waals surface area contributed by atoms with Gasteiger partial charge in [-0.2, -0.15) is 0 Å². The standard InChI is InChI=1S/C19H18N6O3S2/c1-11(16(26)22-18-21-12-6-3-4-8-14(12)30-18)29-19-24-23-15(25(19)2)10-20-17(27)13-7-5-9-28-13/h3-9,11H,10H2,1-2H3,(H,20,27)(H,21,22,26)/t11-/m1/s1. The largest absolute Gasteiger partial charge is 0.459 e. The fourth-order valence-corrected chi connectivity index (χ4v) is 4.30. The highest BCUT2D eigenvalue weighted by Gasteiger charge is 2.20. The monoisotopic (exact) mass is 442 g/mol. The van der Waals surface area contributed by atoms with Crippen molar-refractivity contribution in [1.29, 1.82) is 0 Å². The fraction of sp³-hybridized carbons (Fsp3) is 0.211. The molecule has 0 aliphatic rings. The van der Waals surface area contributed by atoms with Crippen LogP contribution in [0.4, 0.5) is 5.13 Å². The Labute approximate surface area is 179 Å². The third kappa shape index (κ3) is 4.36. The summed E-state index contributed by atoms with van der Waals surface area (Å²) >= 11 is 2.71. The van der Waals surface area contributed by atoms with E-state index in [0.29, 0.717) is 16.1 Å². The van der Waals surface area contributed by atoms with Crippen LogP contribution in [0.2, 0.25) is 0 Å². The molecule has 9 nitrogen and oxygen atoms in total. The molecule has 1 aromatic carbocycles. The summed E-state index contributed by atoms with van der Waals surface area (Å²) in [7, 11) is 1.79. The molecule has 2 N–H and O–H groups in total. The Kier molecular flexibility index (Phi) is 5.81. The van der Waals surface area contributed by atoms with Crippen molar-refractivity contribution in [2.24, 2.45) is 7.05 Å². The van der Waals surface area contributed by atoms with Crippen molar-refractivity contribution in [2.45, 2.75) is 23.9 Å². The molecule has 3 heterocycles. The van der Waals surface area contributed by atoms with Gasteiger partial charge in [-0.15, -0.1) is 10.2 Å². The van der Waals surface area contributed by atoms with E-state index in [9.17, 15) is 9.59 Å². The Bertz CT molecular complexity index is 1150. The summed E-state index contributed by atoms with van der Waals surface area (Å²) in [6.45, 7) is 1.98. The Balaban J connectivity index is 1.35. The maximum Gasteiger partial charge on any atom is 0.287 e. The fourth-order valence-electron chi connectivity index (χ4n) is 2.60. The minimum atomic E-state index is -0.412. The molecule has 0 fully saturated rings. The number of furan rings is 1. The number of anilines is 1. The van der Waals surface area contributed by atoms with Crippen molar-refractivity contribution in [1.82, 2.24) is 25.1 Å². The lowest BCUT2D eigenvalue weighted by Gasteiger charge is -2.10. The van der Waals surface area contributed by atoms with Gasteiger partial charge in [0.15, 0.2) is 21.9 Å². The molecule has 11 heteroatoms. The van der Waals surface area contributed by atoms with Gasteiger partial charge in [-0.3, -0.25) is 9.59 Å². The van der Waals surface area contributed by atoms with Crippen molar-refractivity contribution in [3.05, 3.63) is 54.2 Å².